The van der Waals surface area contributed by atoms with Crippen LogP contribution in [0.3, 0.4) is 0 Å². The molecule has 0 bridgehead atoms. The molecule has 0 fully saturated rings. The van der Waals surface area contributed by atoms with E-state index in [1.54, 1.807) is 0 Å². The summed E-state index contributed by atoms with van der Waals surface area (Å²) in [4.78, 5) is 13.5. The van der Waals surface area contributed by atoms with Gasteiger partial charge in [-0.15, -0.1) is 0 Å². The number of carbonyl (C=O) groups is 1. The zero-order valence-electron chi connectivity index (χ0n) is 8.47. The van der Waals surface area contributed by atoms with E-state index in [1.165, 1.54) is 6.92 Å². The van der Waals surface area contributed by atoms with Crippen molar-refractivity contribution in [3.8, 4) is 0 Å². The quantitative estimate of drug-likeness (QED) is 0.872. The van der Waals surface area contributed by atoms with Gasteiger partial charge in [-0.05, 0) is 0 Å². The lowest BCUT2D eigenvalue weighted by molar-refractivity contribution is -0.142. The lowest BCUT2D eigenvalue weighted by Gasteiger charge is -2.01. The van der Waals surface area contributed by atoms with Crippen LogP contribution in [0.4, 0.5) is 13.2 Å². The van der Waals surface area contributed by atoms with Crippen molar-refractivity contribution in [2.45, 2.75) is 32.4 Å². The summed E-state index contributed by atoms with van der Waals surface area (Å²) in [5, 5.41) is 8.38. The molecule has 0 saturated carbocycles. The highest BCUT2D eigenvalue weighted by atomic mass is 19.4. The maximum atomic E-state index is 12.4. The Balaban J connectivity index is 2.90. The SMILES string of the molecule is CCc1oc(CCC(=O)O)nc1C(F)(F)F. The summed E-state index contributed by atoms with van der Waals surface area (Å²) < 4.78 is 42.1. The number of aryl methyl sites for hydroxylation is 2. The van der Waals surface area contributed by atoms with Crippen LogP contribution in [0.15, 0.2) is 4.42 Å². The molecule has 90 valence electrons. The van der Waals surface area contributed by atoms with E-state index in [4.69, 9.17) is 9.52 Å². The zero-order valence-corrected chi connectivity index (χ0v) is 8.47. The monoisotopic (exact) mass is 237 g/mol. The van der Waals surface area contributed by atoms with Gasteiger partial charge in [0.2, 0.25) is 0 Å². The van der Waals surface area contributed by atoms with Crippen LogP contribution >= 0.6 is 0 Å². The molecule has 0 aliphatic carbocycles. The molecule has 0 aliphatic heterocycles. The lowest BCUT2D eigenvalue weighted by Crippen LogP contribution is -2.08. The van der Waals surface area contributed by atoms with Crippen molar-refractivity contribution in [2.24, 2.45) is 0 Å². The van der Waals surface area contributed by atoms with E-state index in [2.05, 4.69) is 4.98 Å². The standard InChI is InChI=1S/C9H10F3NO3/c1-2-5-8(9(10,11)12)13-6(16-5)3-4-7(14)15/h2-4H2,1H3,(H,14,15). The van der Waals surface area contributed by atoms with Crippen LogP contribution in [-0.4, -0.2) is 16.1 Å². The average molecular weight is 237 g/mol. The number of hydrogen-bond acceptors (Lipinski definition) is 3. The molecule has 0 saturated heterocycles. The van der Waals surface area contributed by atoms with E-state index in [9.17, 15) is 18.0 Å². The van der Waals surface area contributed by atoms with Gasteiger partial charge in [-0.3, -0.25) is 4.79 Å². The van der Waals surface area contributed by atoms with Crippen molar-refractivity contribution in [3.05, 3.63) is 17.3 Å². The maximum Gasteiger partial charge on any atom is 0.436 e. The third-order valence-electron chi connectivity index (χ3n) is 1.88. The Morgan fingerprint density at radius 3 is 2.50 bits per heavy atom. The molecule has 1 aromatic heterocycles. The Hall–Kier alpha value is -1.53. The second-order valence-corrected chi connectivity index (χ2v) is 3.12. The Bertz CT molecular complexity index is 384. The number of hydrogen-bond donors (Lipinski definition) is 1. The van der Waals surface area contributed by atoms with Gasteiger partial charge in [0.05, 0.1) is 6.42 Å². The Kier molecular flexibility index (Phi) is 3.56. The van der Waals surface area contributed by atoms with Gasteiger partial charge in [-0.1, -0.05) is 6.92 Å². The van der Waals surface area contributed by atoms with E-state index in [1.807, 2.05) is 0 Å². The molecule has 1 heterocycles. The number of alkyl halides is 3. The van der Waals surface area contributed by atoms with Gasteiger partial charge < -0.3 is 9.52 Å². The lowest BCUT2D eigenvalue weighted by atomic mass is 10.3. The topological polar surface area (TPSA) is 63.3 Å². The second-order valence-electron chi connectivity index (χ2n) is 3.12. The van der Waals surface area contributed by atoms with Crippen LogP contribution in [0.25, 0.3) is 0 Å². The number of aliphatic carboxylic acids is 1. The fourth-order valence-corrected chi connectivity index (χ4v) is 1.18. The molecule has 0 amide bonds. The van der Waals surface area contributed by atoms with Crippen molar-refractivity contribution in [3.63, 3.8) is 0 Å². The molecule has 16 heavy (non-hydrogen) atoms. The minimum atomic E-state index is -4.56. The normalized spacial score (nSPS) is 11.8. The first kappa shape index (κ1) is 12.5. The summed E-state index contributed by atoms with van der Waals surface area (Å²) >= 11 is 0. The number of aromatic nitrogens is 1. The third kappa shape index (κ3) is 2.98. The van der Waals surface area contributed by atoms with Crippen LogP contribution in [0, 0.1) is 0 Å². The molecule has 0 aliphatic rings. The van der Waals surface area contributed by atoms with Crippen molar-refractivity contribution in [1.29, 1.82) is 0 Å². The Morgan fingerprint density at radius 2 is 2.12 bits per heavy atom. The molecule has 7 heteroatoms. The van der Waals surface area contributed by atoms with Crippen LogP contribution in [-0.2, 0) is 23.8 Å². The summed E-state index contributed by atoms with van der Waals surface area (Å²) in [5.74, 6) is -1.55. The minimum Gasteiger partial charge on any atom is -0.481 e. The summed E-state index contributed by atoms with van der Waals surface area (Å²) in [6.45, 7) is 1.51. The predicted molar refractivity (Wildman–Crippen MR) is 46.8 cm³/mol. The summed E-state index contributed by atoms with van der Waals surface area (Å²) in [6, 6.07) is 0. The molecular formula is C9H10F3NO3. The number of oxazole rings is 1. The van der Waals surface area contributed by atoms with Crippen LogP contribution < -0.4 is 0 Å². The molecule has 0 aromatic carbocycles. The van der Waals surface area contributed by atoms with Crippen LogP contribution in [0.5, 0.6) is 0 Å². The fourth-order valence-electron chi connectivity index (χ4n) is 1.18. The van der Waals surface area contributed by atoms with Gasteiger partial charge >= 0.3 is 12.1 Å². The summed E-state index contributed by atoms with van der Waals surface area (Å²) in [6.07, 6.45) is -4.94. The number of rotatable bonds is 4. The number of halogens is 3. The molecule has 0 atom stereocenters. The average Bonchev–Trinajstić information content (AvgIpc) is 2.57. The van der Waals surface area contributed by atoms with E-state index >= 15 is 0 Å². The highest BCUT2D eigenvalue weighted by Gasteiger charge is 2.38. The highest BCUT2D eigenvalue weighted by Crippen LogP contribution is 2.32. The van der Waals surface area contributed by atoms with Crippen molar-refractivity contribution in [2.75, 3.05) is 0 Å². The van der Waals surface area contributed by atoms with Crippen LogP contribution in [0.2, 0.25) is 0 Å². The Morgan fingerprint density at radius 1 is 1.50 bits per heavy atom. The van der Waals surface area contributed by atoms with Crippen molar-refractivity contribution >= 4 is 5.97 Å². The molecule has 4 nitrogen and oxygen atoms in total. The van der Waals surface area contributed by atoms with Gasteiger partial charge in [0, 0.05) is 12.8 Å². The largest absolute Gasteiger partial charge is 0.481 e. The van der Waals surface area contributed by atoms with E-state index in [-0.39, 0.29) is 30.9 Å². The predicted octanol–water partition coefficient (Wildman–Crippen LogP) is 2.27. The van der Waals surface area contributed by atoms with Gasteiger partial charge in [-0.25, -0.2) is 4.98 Å². The van der Waals surface area contributed by atoms with Crippen molar-refractivity contribution in [1.82, 2.24) is 4.98 Å². The fraction of sp³-hybridized carbons (Fsp3) is 0.556. The maximum absolute atomic E-state index is 12.4. The summed E-state index contributed by atoms with van der Waals surface area (Å²) in [7, 11) is 0. The van der Waals surface area contributed by atoms with Gasteiger partial charge in [0.15, 0.2) is 11.6 Å². The molecule has 1 N–H and O–H groups in total. The van der Waals surface area contributed by atoms with E-state index in [0.717, 1.165) is 0 Å². The smallest absolute Gasteiger partial charge is 0.436 e. The third-order valence-corrected chi connectivity index (χ3v) is 1.88. The van der Waals surface area contributed by atoms with E-state index < -0.39 is 17.8 Å². The number of nitrogens with zero attached hydrogens (tertiary/aromatic N) is 1. The zero-order chi connectivity index (χ0) is 12.3. The second kappa shape index (κ2) is 4.54. The molecule has 0 radical (unpaired) electrons. The van der Waals surface area contributed by atoms with Gasteiger partial charge in [0.1, 0.15) is 5.76 Å². The minimum absolute atomic E-state index is 0.0644. The molecule has 0 spiro atoms. The first-order valence-electron chi connectivity index (χ1n) is 4.62. The number of carboxylic acid groups (broad SMARTS) is 1. The highest BCUT2D eigenvalue weighted by molar-refractivity contribution is 5.66. The molecule has 1 rings (SSSR count). The first-order valence-corrected chi connectivity index (χ1v) is 4.62. The molecular weight excluding hydrogens is 227 g/mol. The van der Waals surface area contributed by atoms with Gasteiger partial charge in [-0.2, -0.15) is 13.2 Å². The Labute approximate surface area is 89.1 Å². The van der Waals surface area contributed by atoms with Crippen molar-refractivity contribution < 1.29 is 27.5 Å². The first-order chi connectivity index (χ1) is 7.34. The summed E-state index contributed by atoms with van der Waals surface area (Å²) in [5.41, 5.74) is -1.06. The van der Waals surface area contributed by atoms with E-state index in [0.29, 0.717) is 0 Å². The van der Waals surface area contributed by atoms with Gasteiger partial charge in [0.25, 0.3) is 0 Å². The molecule has 1 aromatic rings. The molecule has 0 unspecified atom stereocenters. The number of carboxylic acids is 1. The van der Waals surface area contributed by atoms with Crippen LogP contribution in [0.1, 0.15) is 30.7 Å².